The minimum atomic E-state index is 0.682. The Morgan fingerprint density at radius 3 is 2.62 bits per heavy atom. The van der Waals surface area contributed by atoms with Gasteiger partial charge in [0, 0.05) is 26.6 Å². The van der Waals surface area contributed by atoms with Gasteiger partial charge in [-0.25, -0.2) is 4.99 Å². The van der Waals surface area contributed by atoms with E-state index in [1.807, 2.05) is 50.2 Å². The summed E-state index contributed by atoms with van der Waals surface area (Å²) in [5, 5.41) is 0. The zero-order chi connectivity index (χ0) is 12.0. The first kappa shape index (κ1) is 12.6. The van der Waals surface area contributed by atoms with Gasteiger partial charge in [0.2, 0.25) is 0 Å². The molecule has 0 bridgehead atoms. The van der Waals surface area contributed by atoms with Crippen molar-refractivity contribution in [2.75, 3.05) is 20.7 Å². The average Bonchev–Trinajstić information content (AvgIpc) is 2.26. The van der Waals surface area contributed by atoms with E-state index in [2.05, 4.69) is 11.9 Å². The molecule has 0 unspecified atom stereocenters. The predicted molar refractivity (Wildman–Crippen MR) is 68.7 cm³/mol. The molecule has 88 valence electrons. The Bertz CT molecular complexity index is 359. The van der Waals surface area contributed by atoms with Crippen molar-refractivity contribution in [1.29, 1.82) is 0 Å². The molecule has 0 aliphatic carbocycles. The smallest absolute Gasteiger partial charge is 0.121 e. The molecule has 0 radical (unpaired) electrons. The average molecular weight is 220 g/mol. The fourth-order valence-electron chi connectivity index (χ4n) is 1.45. The Hall–Kier alpha value is -1.51. The molecule has 0 aromatic heterocycles. The first-order chi connectivity index (χ1) is 7.67. The van der Waals surface area contributed by atoms with Crippen LogP contribution in [-0.4, -0.2) is 31.4 Å². The van der Waals surface area contributed by atoms with Crippen LogP contribution in [0.2, 0.25) is 0 Å². The summed E-state index contributed by atoms with van der Waals surface area (Å²) in [5.41, 5.74) is 0.941. The van der Waals surface area contributed by atoms with Gasteiger partial charge in [-0.15, -0.1) is 0 Å². The van der Waals surface area contributed by atoms with Gasteiger partial charge < -0.3 is 9.64 Å². The van der Waals surface area contributed by atoms with Crippen molar-refractivity contribution in [3.05, 3.63) is 24.3 Å². The van der Waals surface area contributed by atoms with Gasteiger partial charge in [0.1, 0.15) is 11.6 Å². The highest BCUT2D eigenvalue weighted by Gasteiger charge is 2.00. The Morgan fingerprint density at radius 1 is 1.31 bits per heavy atom. The molecule has 0 amide bonds. The van der Waals surface area contributed by atoms with E-state index in [9.17, 15) is 0 Å². The molecule has 1 aromatic carbocycles. The lowest BCUT2D eigenvalue weighted by atomic mass is 10.3. The molecule has 0 fully saturated rings. The van der Waals surface area contributed by atoms with E-state index in [0.29, 0.717) is 6.61 Å². The summed E-state index contributed by atoms with van der Waals surface area (Å²) in [6, 6.07) is 7.86. The molecule has 0 saturated carbocycles. The second kappa shape index (κ2) is 6.16. The molecule has 0 spiro atoms. The zero-order valence-electron chi connectivity index (χ0n) is 10.5. The molecule has 3 heteroatoms. The SMILES string of the molecule is CCOc1cccc(N=C(CC)N(C)C)c1. The van der Waals surface area contributed by atoms with Crippen LogP contribution in [0.3, 0.4) is 0 Å². The fraction of sp³-hybridized carbons (Fsp3) is 0.462. The Labute approximate surface area is 97.8 Å². The van der Waals surface area contributed by atoms with Crippen LogP contribution in [0.4, 0.5) is 5.69 Å². The molecule has 3 nitrogen and oxygen atoms in total. The van der Waals surface area contributed by atoms with Crippen LogP contribution in [0.25, 0.3) is 0 Å². The van der Waals surface area contributed by atoms with Gasteiger partial charge in [-0.3, -0.25) is 0 Å². The van der Waals surface area contributed by atoms with Crippen molar-refractivity contribution in [2.45, 2.75) is 20.3 Å². The van der Waals surface area contributed by atoms with Gasteiger partial charge in [0.25, 0.3) is 0 Å². The maximum atomic E-state index is 5.44. The Morgan fingerprint density at radius 2 is 2.06 bits per heavy atom. The molecular formula is C13H20N2O. The summed E-state index contributed by atoms with van der Waals surface area (Å²) in [5.74, 6) is 1.94. The molecule has 0 aliphatic heterocycles. The summed E-state index contributed by atoms with van der Waals surface area (Å²) < 4.78 is 5.44. The van der Waals surface area contributed by atoms with Crippen LogP contribution in [0.5, 0.6) is 5.75 Å². The van der Waals surface area contributed by atoms with Crippen LogP contribution in [0.1, 0.15) is 20.3 Å². The van der Waals surface area contributed by atoms with Crippen molar-refractivity contribution in [3.63, 3.8) is 0 Å². The molecule has 0 heterocycles. The largest absolute Gasteiger partial charge is 0.494 e. The van der Waals surface area contributed by atoms with E-state index in [4.69, 9.17) is 4.74 Å². The van der Waals surface area contributed by atoms with Crippen molar-refractivity contribution in [3.8, 4) is 5.75 Å². The van der Waals surface area contributed by atoms with Gasteiger partial charge in [-0.05, 0) is 19.1 Å². The van der Waals surface area contributed by atoms with E-state index in [1.54, 1.807) is 0 Å². The standard InChI is InChI=1S/C13H20N2O/c1-5-13(15(3)4)14-11-8-7-9-12(10-11)16-6-2/h7-10H,5-6H2,1-4H3. The number of amidine groups is 1. The van der Waals surface area contributed by atoms with E-state index < -0.39 is 0 Å². The van der Waals surface area contributed by atoms with Gasteiger partial charge >= 0.3 is 0 Å². The van der Waals surface area contributed by atoms with Crippen LogP contribution >= 0.6 is 0 Å². The van der Waals surface area contributed by atoms with Gasteiger partial charge in [-0.1, -0.05) is 13.0 Å². The van der Waals surface area contributed by atoms with E-state index in [1.165, 1.54) is 0 Å². The maximum absolute atomic E-state index is 5.44. The summed E-state index contributed by atoms with van der Waals surface area (Å²) >= 11 is 0. The third-order valence-corrected chi connectivity index (χ3v) is 2.22. The first-order valence-corrected chi connectivity index (χ1v) is 5.65. The summed E-state index contributed by atoms with van der Waals surface area (Å²) in [4.78, 5) is 6.62. The minimum absolute atomic E-state index is 0.682. The van der Waals surface area contributed by atoms with Crippen LogP contribution in [0, 0.1) is 0 Å². The lowest BCUT2D eigenvalue weighted by molar-refractivity contribution is 0.340. The van der Waals surface area contributed by atoms with E-state index >= 15 is 0 Å². The number of aliphatic imine (C=N–C) groups is 1. The van der Waals surface area contributed by atoms with Gasteiger partial charge in [-0.2, -0.15) is 0 Å². The third kappa shape index (κ3) is 3.57. The normalized spacial score (nSPS) is 11.4. The van der Waals surface area contributed by atoms with E-state index in [0.717, 1.165) is 23.7 Å². The van der Waals surface area contributed by atoms with Gasteiger partial charge in [0.05, 0.1) is 12.3 Å². The summed E-state index contributed by atoms with van der Waals surface area (Å²) in [7, 11) is 4.02. The highest BCUT2D eigenvalue weighted by molar-refractivity contribution is 5.84. The maximum Gasteiger partial charge on any atom is 0.121 e. The molecule has 16 heavy (non-hydrogen) atoms. The third-order valence-electron chi connectivity index (χ3n) is 2.22. The molecule has 0 N–H and O–H groups in total. The Balaban J connectivity index is 2.91. The van der Waals surface area contributed by atoms with Crippen LogP contribution in [0.15, 0.2) is 29.3 Å². The summed E-state index contributed by atoms with van der Waals surface area (Å²) in [6.45, 7) is 4.76. The van der Waals surface area contributed by atoms with Crippen molar-refractivity contribution < 1.29 is 4.74 Å². The van der Waals surface area contributed by atoms with Crippen LogP contribution in [-0.2, 0) is 0 Å². The van der Waals surface area contributed by atoms with E-state index in [-0.39, 0.29) is 0 Å². The van der Waals surface area contributed by atoms with Crippen molar-refractivity contribution in [1.82, 2.24) is 4.90 Å². The minimum Gasteiger partial charge on any atom is -0.494 e. The zero-order valence-corrected chi connectivity index (χ0v) is 10.5. The number of nitrogens with zero attached hydrogens (tertiary/aromatic N) is 2. The van der Waals surface area contributed by atoms with Crippen LogP contribution < -0.4 is 4.74 Å². The highest BCUT2D eigenvalue weighted by atomic mass is 16.5. The predicted octanol–water partition coefficient (Wildman–Crippen LogP) is 3.09. The summed E-state index contributed by atoms with van der Waals surface area (Å²) in [6.07, 6.45) is 0.922. The molecule has 1 rings (SSSR count). The molecule has 0 aliphatic rings. The number of hydrogen-bond acceptors (Lipinski definition) is 2. The number of ether oxygens (including phenoxy) is 1. The Kier molecular flexibility index (Phi) is 4.83. The lowest BCUT2D eigenvalue weighted by Crippen LogP contribution is -2.20. The topological polar surface area (TPSA) is 24.8 Å². The quantitative estimate of drug-likeness (QED) is 0.575. The monoisotopic (exact) mass is 220 g/mol. The fourth-order valence-corrected chi connectivity index (χ4v) is 1.45. The molecule has 1 aromatic rings. The molecule has 0 atom stereocenters. The molecular weight excluding hydrogens is 200 g/mol. The van der Waals surface area contributed by atoms with Crippen molar-refractivity contribution >= 4 is 11.5 Å². The van der Waals surface area contributed by atoms with Crippen molar-refractivity contribution in [2.24, 2.45) is 4.99 Å². The van der Waals surface area contributed by atoms with Gasteiger partial charge in [0.15, 0.2) is 0 Å². The number of benzene rings is 1. The lowest BCUT2D eigenvalue weighted by Gasteiger charge is -2.14. The number of rotatable bonds is 4. The molecule has 0 saturated heterocycles. The second-order valence-corrected chi connectivity index (χ2v) is 3.71. The number of hydrogen-bond donors (Lipinski definition) is 0. The first-order valence-electron chi connectivity index (χ1n) is 5.65. The highest BCUT2D eigenvalue weighted by Crippen LogP contribution is 2.20. The second-order valence-electron chi connectivity index (χ2n) is 3.71.